The van der Waals surface area contributed by atoms with E-state index in [4.69, 9.17) is 11.6 Å². The van der Waals surface area contributed by atoms with Crippen LogP contribution in [0.4, 0.5) is 10.1 Å². The predicted octanol–water partition coefficient (Wildman–Crippen LogP) is 5.42. The summed E-state index contributed by atoms with van der Waals surface area (Å²) in [6.07, 6.45) is 0. The van der Waals surface area contributed by atoms with E-state index in [2.05, 4.69) is 27.9 Å². The van der Waals surface area contributed by atoms with Crippen molar-refractivity contribution >= 4 is 51.7 Å². The number of anilines is 1. The minimum absolute atomic E-state index is 0.205. The summed E-state index contributed by atoms with van der Waals surface area (Å²) in [5.74, 6) is -1.03. The fourth-order valence-corrected chi connectivity index (χ4v) is 3.96. The van der Waals surface area contributed by atoms with Crippen LogP contribution in [0.1, 0.15) is 27.5 Å². The van der Waals surface area contributed by atoms with Gasteiger partial charge in [-0.3, -0.25) is 9.59 Å². The number of halogens is 3. The molecule has 0 radical (unpaired) electrons. The fraction of sp³-hybridized carbons (Fsp3) is 0.0909. The van der Waals surface area contributed by atoms with Crippen LogP contribution in [-0.4, -0.2) is 16.7 Å². The molecule has 0 aliphatic carbocycles. The largest absolute Gasteiger partial charge is 0.323 e. The molecule has 29 heavy (non-hydrogen) atoms. The number of amides is 2. The first-order valence-electron chi connectivity index (χ1n) is 8.83. The predicted molar refractivity (Wildman–Crippen MR) is 118 cm³/mol. The van der Waals surface area contributed by atoms with Crippen molar-refractivity contribution in [1.29, 1.82) is 0 Å². The van der Waals surface area contributed by atoms with Crippen LogP contribution in [0, 0.1) is 9.39 Å². The lowest BCUT2D eigenvalue weighted by molar-refractivity contribution is -0.120. The molecule has 0 aromatic heterocycles. The first-order valence-corrected chi connectivity index (χ1v) is 10.3. The van der Waals surface area contributed by atoms with Gasteiger partial charge in [-0.1, -0.05) is 35.9 Å². The number of fused-ring (bicyclic) bond motifs is 1. The Bertz CT molecular complexity index is 1090. The number of hydrogen-bond acceptors (Lipinski definition) is 2. The zero-order valence-electron chi connectivity index (χ0n) is 15.0. The van der Waals surface area contributed by atoms with Crippen molar-refractivity contribution in [3.8, 4) is 0 Å². The molecule has 1 aliphatic heterocycles. The third-order valence-corrected chi connectivity index (χ3v) is 5.67. The highest BCUT2D eigenvalue weighted by atomic mass is 127. The molecule has 1 unspecified atom stereocenters. The van der Waals surface area contributed by atoms with Gasteiger partial charge in [0.2, 0.25) is 0 Å². The van der Waals surface area contributed by atoms with Gasteiger partial charge in [0, 0.05) is 15.1 Å². The lowest BCUT2D eigenvalue weighted by Crippen LogP contribution is -2.38. The minimum Gasteiger partial charge on any atom is -0.323 e. The number of hydrogen-bond donors (Lipinski definition) is 1. The van der Waals surface area contributed by atoms with Crippen molar-refractivity contribution < 1.29 is 14.0 Å². The van der Waals surface area contributed by atoms with Crippen LogP contribution in [-0.2, 0) is 11.3 Å². The van der Waals surface area contributed by atoms with Gasteiger partial charge in [0.1, 0.15) is 11.9 Å². The van der Waals surface area contributed by atoms with Crippen molar-refractivity contribution in [2.45, 2.75) is 12.6 Å². The molecular weight excluding hydrogens is 506 g/mol. The molecule has 4 nitrogen and oxygen atoms in total. The van der Waals surface area contributed by atoms with Crippen LogP contribution in [0.3, 0.4) is 0 Å². The van der Waals surface area contributed by atoms with Crippen molar-refractivity contribution in [3.63, 3.8) is 0 Å². The van der Waals surface area contributed by atoms with Crippen LogP contribution in [0.5, 0.6) is 0 Å². The zero-order chi connectivity index (χ0) is 20.5. The number of nitrogens with zero attached hydrogens (tertiary/aromatic N) is 1. The fourth-order valence-electron chi connectivity index (χ4n) is 3.34. The molecule has 1 atom stereocenters. The maximum absolute atomic E-state index is 13.5. The molecule has 1 N–H and O–H groups in total. The molecule has 0 saturated carbocycles. The Kier molecular flexibility index (Phi) is 5.56. The number of rotatable bonds is 3. The third-order valence-electron chi connectivity index (χ3n) is 4.74. The molecular formula is C22H15ClFIN2O2. The maximum Gasteiger partial charge on any atom is 0.257 e. The molecule has 0 spiro atoms. The van der Waals surface area contributed by atoms with Crippen LogP contribution in [0.2, 0.25) is 5.02 Å². The van der Waals surface area contributed by atoms with Gasteiger partial charge in [0.15, 0.2) is 0 Å². The van der Waals surface area contributed by atoms with Gasteiger partial charge in [0.05, 0.1) is 11.3 Å². The first-order chi connectivity index (χ1) is 13.9. The van der Waals surface area contributed by atoms with Crippen molar-refractivity contribution in [2.24, 2.45) is 0 Å². The van der Waals surface area contributed by atoms with E-state index in [0.29, 0.717) is 21.8 Å². The van der Waals surface area contributed by atoms with E-state index < -0.39 is 11.9 Å². The topological polar surface area (TPSA) is 49.4 Å². The molecule has 7 heteroatoms. The summed E-state index contributed by atoms with van der Waals surface area (Å²) in [6, 6.07) is 17.1. The SMILES string of the molecule is O=C1Nc2ccc(I)cc2C(=O)N(Cc2ccc(Cl)cc2)C1c1ccc(F)cc1. The lowest BCUT2D eigenvalue weighted by Gasteiger charge is -2.29. The smallest absolute Gasteiger partial charge is 0.257 e. The maximum atomic E-state index is 13.5. The Hall–Kier alpha value is -2.45. The Morgan fingerprint density at radius 1 is 1.00 bits per heavy atom. The Balaban J connectivity index is 1.82. The van der Waals surface area contributed by atoms with Gasteiger partial charge in [-0.05, 0) is 76.2 Å². The van der Waals surface area contributed by atoms with Gasteiger partial charge in [-0.25, -0.2) is 4.39 Å². The summed E-state index contributed by atoms with van der Waals surface area (Å²) in [4.78, 5) is 28.1. The zero-order valence-corrected chi connectivity index (χ0v) is 17.9. The van der Waals surface area contributed by atoms with E-state index in [1.165, 1.54) is 29.2 Å². The van der Waals surface area contributed by atoms with E-state index in [9.17, 15) is 14.0 Å². The molecule has 1 aliphatic rings. The third kappa shape index (κ3) is 4.13. The monoisotopic (exact) mass is 520 g/mol. The first kappa shape index (κ1) is 19.8. The highest BCUT2D eigenvalue weighted by Gasteiger charge is 2.36. The van der Waals surface area contributed by atoms with E-state index in [0.717, 1.165) is 9.13 Å². The summed E-state index contributed by atoms with van der Waals surface area (Å²) >= 11 is 8.10. The van der Waals surface area contributed by atoms with Gasteiger partial charge < -0.3 is 10.2 Å². The summed E-state index contributed by atoms with van der Waals surface area (Å²) in [5, 5.41) is 3.44. The second-order valence-corrected chi connectivity index (χ2v) is 8.37. The summed E-state index contributed by atoms with van der Waals surface area (Å²) in [6.45, 7) is 0.205. The highest BCUT2D eigenvalue weighted by molar-refractivity contribution is 14.1. The quantitative estimate of drug-likeness (QED) is 0.469. The van der Waals surface area contributed by atoms with Crippen LogP contribution in [0.15, 0.2) is 66.7 Å². The summed E-state index contributed by atoms with van der Waals surface area (Å²) in [5.41, 5.74) is 2.25. The molecule has 1 heterocycles. The Morgan fingerprint density at radius 2 is 1.69 bits per heavy atom. The Labute approximate surface area is 185 Å². The Morgan fingerprint density at radius 3 is 2.38 bits per heavy atom. The number of nitrogens with one attached hydrogen (secondary N) is 1. The van der Waals surface area contributed by atoms with Crippen LogP contribution < -0.4 is 5.32 Å². The standard InChI is InChI=1S/C22H15ClFIN2O2/c23-15-5-1-13(2-6-15)12-27-20(14-3-7-16(24)8-4-14)21(28)26-19-10-9-17(25)11-18(19)22(27)29/h1-11,20H,12H2,(H,26,28). The number of carbonyl (C=O) groups excluding carboxylic acids is 2. The van der Waals surface area contributed by atoms with Gasteiger partial charge >= 0.3 is 0 Å². The molecule has 2 amide bonds. The number of carbonyl (C=O) groups is 2. The van der Waals surface area contributed by atoms with Crippen molar-refractivity contribution in [2.75, 3.05) is 5.32 Å². The van der Waals surface area contributed by atoms with E-state index in [1.54, 1.807) is 24.3 Å². The van der Waals surface area contributed by atoms with Crippen molar-refractivity contribution in [1.82, 2.24) is 4.90 Å². The normalized spacial score (nSPS) is 16.2. The van der Waals surface area contributed by atoms with E-state index in [1.807, 2.05) is 18.2 Å². The molecule has 3 aromatic carbocycles. The lowest BCUT2D eigenvalue weighted by atomic mass is 10.0. The summed E-state index contributed by atoms with van der Waals surface area (Å²) in [7, 11) is 0. The van der Waals surface area contributed by atoms with Crippen molar-refractivity contribution in [3.05, 3.63) is 97.8 Å². The second kappa shape index (κ2) is 8.12. The molecule has 0 bridgehead atoms. The molecule has 0 saturated heterocycles. The average Bonchev–Trinajstić information content (AvgIpc) is 2.80. The molecule has 4 rings (SSSR count). The van der Waals surface area contributed by atoms with E-state index >= 15 is 0 Å². The number of benzene rings is 3. The molecule has 146 valence electrons. The average molecular weight is 521 g/mol. The molecule has 3 aromatic rings. The van der Waals surface area contributed by atoms with Gasteiger partial charge in [0.25, 0.3) is 11.8 Å². The highest BCUT2D eigenvalue weighted by Crippen LogP contribution is 2.33. The van der Waals surface area contributed by atoms with Crippen LogP contribution in [0.25, 0.3) is 0 Å². The molecule has 0 fully saturated rings. The van der Waals surface area contributed by atoms with E-state index in [-0.39, 0.29) is 18.4 Å². The minimum atomic E-state index is -0.899. The van der Waals surface area contributed by atoms with Gasteiger partial charge in [-0.15, -0.1) is 0 Å². The van der Waals surface area contributed by atoms with Gasteiger partial charge in [-0.2, -0.15) is 0 Å². The second-order valence-electron chi connectivity index (χ2n) is 6.69. The summed E-state index contributed by atoms with van der Waals surface area (Å²) < 4.78 is 14.3. The van der Waals surface area contributed by atoms with Crippen LogP contribution >= 0.6 is 34.2 Å².